The first kappa shape index (κ1) is 26.3. The molecule has 2 fully saturated rings. The molecule has 5 rings (SSSR count). The molecule has 1 heterocycles. The van der Waals surface area contributed by atoms with Gasteiger partial charge in [0.1, 0.15) is 11.5 Å². The van der Waals surface area contributed by atoms with Crippen molar-refractivity contribution in [1.82, 2.24) is 10.5 Å². The van der Waals surface area contributed by atoms with Crippen molar-refractivity contribution >= 4 is 29.1 Å². The summed E-state index contributed by atoms with van der Waals surface area (Å²) >= 11 is 13.0. The van der Waals surface area contributed by atoms with Gasteiger partial charge in [-0.2, -0.15) is 0 Å². The van der Waals surface area contributed by atoms with E-state index < -0.39 is 0 Å². The van der Waals surface area contributed by atoms with E-state index in [0.717, 1.165) is 49.0 Å². The van der Waals surface area contributed by atoms with Crippen LogP contribution in [-0.4, -0.2) is 17.7 Å². The molecule has 0 bridgehead atoms. The first-order chi connectivity index (χ1) is 18.0. The minimum Gasteiger partial charge on any atom is -0.376 e. The fourth-order valence-electron chi connectivity index (χ4n) is 5.74. The molecule has 3 aromatic rings. The van der Waals surface area contributed by atoms with E-state index in [0.29, 0.717) is 46.4 Å². The molecule has 196 valence electrons. The van der Waals surface area contributed by atoms with Gasteiger partial charge in [-0.25, -0.2) is 0 Å². The molecule has 0 aliphatic heterocycles. The highest BCUT2D eigenvalue weighted by atomic mass is 35.5. The number of nitrogens with zero attached hydrogens (tertiary/aromatic N) is 1. The molecule has 0 spiro atoms. The van der Waals surface area contributed by atoms with Crippen molar-refractivity contribution < 1.29 is 14.1 Å². The third-order valence-corrected chi connectivity index (χ3v) is 8.58. The van der Waals surface area contributed by atoms with E-state index in [-0.39, 0.29) is 23.8 Å². The minimum atomic E-state index is -0.0565. The minimum absolute atomic E-state index is 0.0330. The molecule has 1 aromatic heterocycles. The number of amides is 1. The number of hydrogen-bond acceptors (Lipinski definition) is 4. The molecule has 3 unspecified atom stereocenters. The Bertz CT molecular complexity index is 1200. The molecular formula is C30H34Cl2N2O3. The highest BCUT2D eigenvalue weighted by molar-refractivity contribution is 6.39. The van der Waals surface area contributed by atoms with E-state index >= 15 is 0 Å². The number of hydrogen-bond donors (Lipinski definition) is 1. The van der Waals surface area contributed by atoms with E-state index in [4.69, 9.17) is 32.5 Å². The summed E-state index contributed by atoms with van der Waals surface area (Å²) in [6.07, 6.45) is 5.18. The molecule has 2 aliphatic rings. The number of aromatic nitrogens is 1. The van der Waals surface area contributed by atoms with Crippen molar-refractivity contribution in [2.75, 3.05) is 6.61 Å². The van der Waals surface area contributed by atoms with Crippen LogP contribution in [0, 0.1) is 17.8 Å². The second-order valence-corrected chi connectivity index (χ2v) is 11.2. The summed E-state index contributed by atoms with van der Waals surface area (Å²) in [6, 6.07) is 15.5. The number of benzene rings is 2. The lowest BCUT2D eigenvalue weighted by Crippen LogP contribution is -2.38. The molecule has 0 radical (unpaired) electrons. The highest BCUT2D eigenvalue weighted by Gasteiger charge is 2.41. The molecule has 37 heavy (non-hydrogen) atoms. The SMILES string of the molecule is CCC1CCC(COCc2c(-c3c(Cl)cccc3Cl)noc2C2CC2)C1C(=O)N[C@@H](C)c1ccccc1. The fourth-order valence-corrected chi connectivity index (χ4v) is 6.32. The van der Waals surface area contributed by atoms with Crippen molar-refractivity contribution in [3.63, 3.8) is 0 Å². The summed E-state index contributed by atoms with van der Waals surface area (Å²) in [5.74, 6) is 1.85. The number of carbonyl (C=O) groups is 1. The first-order valence-corrected chi connectivity index (χ1v) is 14.1. The van der Waals surface area contributed by atoms with E-state index in [1.165, 1.54) is 0 Å². The van der Waals surface area contributed by atoms with E-state index in [1.807, 2.05) is 43.3 Å². The molecular weight excluding hydrogens is 507 g/mol. The maximum Gasteiger partial charge on any atom is 0.224 e. The van der Waals surface area contributed by atoms with E-state index in [1.54, 1.807) is 0 Å². The first-order valence-electron chi connectivity index (χ1n) is 13.3. The molecule has 0 saturated heterocycles. The lowest BCUT2D eigenvalue weighted by molar-refractivity contribution is -0.129. The van der Waals surface area contributed by atoms with Gasteiger partial charge in [-0.1, -0.05) is 78.1 Å². The van der Waals surface area contributed by atoms with Gasteiger partial charge in [-0.15, -0.1) is 0 Å². The number of halogens is 2. The molecule has 5 nitrogen and oxygen atoms in total. The summed E-state index contributed by atoms with van der Waals surface area (Å²) in [6.45, 7) is 5.09. The summed E-state index contributed by atoms with van der Waals surface area (Å²) in [4.78, 5) is 13.4. The van der Waals surface area contributed by atoms with Gasteiger partial charge in [-0.3, -0.25) is 4.79 Å². The zero-order valence-electron chi connectivity index (χ0n) is 21.4. The second kappa shape index (κ2) is 11.6. The third-order valence-electron chi connectivity index (χ3n) is 7.95. The number of nitrogens with one attached hydrogen (secondary N) is 1. The van der Waals surface area contributed by atoms with Crippen LogP contribution in [0.3, 0.4) is 0 Å². The quantitative estimate of drug-likeness (QED) is 0.283. The van der Waals surface area contributed by atoms with Crippen molar-refractivity contribution in [3.05, 3.63) is 75.5 Å². The normalized spacial score (nSPS) is 22.2. The number of ether oxygens (including phenoxy) is 1. The largest absolute Gasteiger partial charge is 0.376 e. The van der Waals surface area contributed by atoms with E-state index in [2.05, 4.69) is 29.5 Å². The van der Waals surface area contributed by atoms with Crippen LogP contribution in [-0.2, 0) is 16.1 Å². The summed E-state index contributed by atoms with van der Waals surface area (Å²) < 4.78 is 12.1. The molecule has 1 amide bonds. The highest BCUT2D eigenvalue weighted by Crippen LogP contribution is 2.46. The average Bonchev–Trinajstić information content (AvgIpc) is 3.53. The zero-order valence-corrected chi connectivity index (χ0v) is 22.9. The summed E-state index contributed by atoms with van der Waals surface area (Å²) in [5, 5.41) is 8.70. The predicted molar refractivity (Wildman–Crippen MR) is 147 cm³/mol. The number of carbonyl (C=O) groups excluding carboxylic acids is 1. The van der Waals surface area contributed by atoms with Crippen LogP contribution in [0.15, 0.2) is 53.1 Å². The maximum atomic E-state index is 13.4. The standard InChI is InChI=1S/C30H34Cl2N2O3/c1-3-19-12-15-22(26(19)30(35)33-18(2)20-8-5-4-6-9-20)16-36-17-23-28(34-37-29(23)21-13-14-21)27-24(31)10-7-11-25(27)32/h4-11,18-19,21-22,26H,3,12-17H2,1-2H3,(H,33,35)/t18-,19?,22?,26?/m0/s1. The van der Waals surface area contributed by atoms with Crippen molar-refractivity contribution in [1.29, 1.82) is 0 Å². The summed E-state index contributed by atoms with van der Waals surface area (Å²) in [5.41, 5.74) is 3.36. The molecule has 2 saturated carbocycles. The van der Waals surface area contributed by atoms with Crippen molar-refractivity contribution in [2.45, 2.75) is 64.5 Å². The van der Waals surface area contributed by atoms with Crippen LogP contribution >= 0.6 is 23.2 Å². The monoisotopic (exact) mass is 540 g/mol. The molecule has 4 atom stereocenters. The van der Waals surface area contributed by atoms with Crippen LogP contribution in [0.1, 0.15) is 74.8 Å². The Hall–Kier alpha value is -2.34. The zero-order chi connectivity index (χ0) is 25.9. The van der Waals surface area contributed by atoms with Gasteiger partial charge in [0, 0.05) is 23.0 Å². The van der Waals surface area contributed by atoms with Gasteiger partial charge < -0.3 is 14.6 Å². The third kappa shape index (κ3) is 5.74. The van der Waals surface area contributed by atoms with Crippen LogP contribution < -0.4 is 5.32 Å². The van der Waals surface area contributed by atoms with Crippen molar-refractivity contribution in [2.24, 2.45) is 17.8 Å². The van der Waals surface area contributed by atoms with Crippen molar-refractivity contribution in [3.8, 4) is 11.3 Å². The van der Waals surface area contributed by atoms with Gasteiger partial charge in [0.25, 0.3) is 0 Å². The lowest BCUT2D eigenvalue weighted by atomic mass is 9.87. The molecule has 1 N–H and O–H groups in total. The van der Waals surface area contributed by atoms with Gasteiger partial charge in [-0.05, 0) is 62.1 Å². The molecule has 2 aromatic carbocycles. The topological polar surface area (TPSA) is 64.4 Å². The van der Waals surface area contributed by atoms with E-state index in [9.17, 15) is 4.79 Å². The molecule has 2 aliphatic carbocycles. The van der Waals surface area contributed by atoms with Crippen LogP contribution in [0.2, 0.25) is 10.0 Å². The fraction of sp³-hybridized carbons (Fsp3) is 0.467. The van der Waals surface area contributed by atoms with Crippen LogP contribution in [0.25, 0.3) is 11.3 Å². The predicted octanol–water partition coefficient (Wildman–Crippen LogP) is 7.97. The Morgan fingerprint density at radius 2 is 1.76 bits per heavy atom. The Morgan fingerprint density at radius 3 is 2.43 bits per heavy atom. The Morgan fingerprint density at radius 1 is 1.05 bits per heavy atom. The molecule has 7 heteroatoms. The Balaban J connectivity index is 1.29. The average molecular weight is 542 g/mol. The summed E-state index contributed by atoms with van der Waals surface area (Å²) in [7, 11) is 0. The van der Waals surface area contributed by atoms with Crippen LogP contribution in [0.4, 0.5) is 0 Å². The van der Waals surface area contributed by atoms with Gasteiger partial charge in [0.15, 0.2) is 0 Å². The Labute approximate surface area is 228 Å². The van der Waals surface area contributed by atoms with Gasteiger partial charge in [0.05, 0.1) is 29.3 Å². The van der Waals surface area contributed by atoms with Crippen LogP contribution in [0.5, 0.6) is 0 Å². The smallest absolute Gasteiger partial charge is 0.224 e. The van der Waals surface area contributed by atoms with Gasteiger partial charge in [0.2, 0.25) is 5.91 Å². The number of rotatable bonds is 10. The Kier molecular flexibility index (Phi) is 8.23. The maximum absolute atomic E-state index is 13.4. The lowest BCUT2D eigenvalue weighted by Gasteiger charge is -2.26. The van der Waals surface area contributed by atoms with Gasteiger partial charge >= 0.3 is 0 Å². The second-order valence-electron chi connectivity index (χ2n) is 10.4.